The molecule has 1 aromatic carbocycles. The summed E-state index contributed by atoms with van der Waals surface area (Å²) in [4.78, 5) is 16.0. The molecule has 1 saturated heterocycles. The van der Waals surface area contributed by atoms with Crippen LogP contribution in [-0.2, 0) is 11.3 Å². The lowest BCUT2D eigenvalue weighted by Gasteiger charge is -2.22. The molecule has 0 unspecified atom stereocenters. The highest BCUT2D eigenvalue weighted by molar-refractivity contribution is 5.75. The normalized spacial score (nSPS) is 17.7. The largest absolute Gasteiger partial charge is 0.355 e. The minimum Gasteiger partial charge on any atom is -0.355 e. The molecule has 1 aliphatic rings. The average molecular weight is 342 g/mol. The zero-order valence-electron chi connectivity index (χ0n) is 14.8. The van der Waals surface area contributed by atoms with Gasteiger partial charge in [-0.05, 0) is 37.6 Å². The van der Waals surface area contributed by atoms with Crippen LogP contribution in [0, 0.1) is 0 Å². The highest BCUT2D eigenvalue weighted by atomic mass is 16.1. The Bertz CT molecular complexity index is 671. The van der Waals surface area contributed by atoms with E-state index < -0.39 is 0 Å². The summed E-state index contributed by atoms with van der Waals surface area (Å²) in [7, 11) is 0. The molecule has 1 N–H and O–H groups in total. The molecule has 1 aromatic heterocycles. The van der Waals surface area contributed by atoms with Crippen molar-refractivity contribution in [2.75, 3.05) is 19.6 Å². The maximum Gasteiger partial charge on any atom is 0.220 e. The third-order valence-corrected chi connectivity index (χ3v) is 4.69. The maximum atomic E-state index is 12.0. The van der Waals surface area contributed by atoms with Gasteiger partial charge in [-0.1, -0.05) is 37.3 Å². The predicted molar refractivity (Wildman–Crippen MR) is 95.8 cm³/mol. The monoisotopic (exact) mass is 342 g/mol. The van der Waals surface area contributed by atoms with Crippen LogP contribution in [0.15, 0.2) is 30.3 Å². The summed E-state index contributed by atoms with van der Waals surface area (Å²) in [5.41, 5.74) is 0.948. The van der Waals surface area contributed by atoms with Crippen LogP contribution in [0.25, 0.3) is 11.4 Å². The van der Waals surface area contributed by atoms with Gasteiger partial charge in [0.15, 0.2) is 0 Å². The first-order chi connectivity index (χ1) is 12.3. The van der Waals surface area contributed by atoms with Gasteiger partial charge in [-0.25, -0.2) is 0 Å². The van der Waals surface area contributed by atoms with Gasteiger partial charge in [0.2, 0.25) is 11.7 Å². The first-order valence-corrected chi connectivity index (χ1v) is 9.10. The number of nitrogens with zero attached hydrogens (tertiary/aromatic N) is 5. The number of hydrogen-bond acceptors (Lipinski definition) is 5. The summed E-state index contributed by atoms with van der Waals surface area (Å²) in [5, 5.41) is 15.5. The fraction of sp³-hybridized carbons (Fsp3) is 0.556. The van der Waals surface area contributed by atoms with E-state index in [9.17, 15) is 4.79 Å². The Labute approximate surface area is 148 Å². The number of nitrogens with one attached hydrogen (secondary N) is 1. The van der Waals surface area contributed by atoms with Gasteiger partial charge >= 0.3 is 0 Å². The maximum absolute atomic E-state index is 12.0. The fourth-order valence-corrected chi connectivity index (χ4v) is 3.28. The quantitative estimate of drug-likeness (QED) is 0.790. The zero-order chi connectivity index (χ0) is 17.5. The van der Waals surface area contributed by atoms with Crippen molar-refractivity contribution in [3.63, 3.8) is 0 Å². The molecule has 0 radical (unpaired) electrons. The molecule has 0 aliphatic carbocycles. The van der Waals surface area contributed by atoms with E-state index in [-0.39, 0.29) is 5.91 Å². The molecule has 1 aliphatic heterocycles. The molecule has 1 fully saturated rings. The molecule has 25 heavy (non-hydrogen) atoms. The number of likely N-dealkylation sites (N-methyl/N-ethyl adjacent to an activating group) is 1. The van der Waals surface area contributed by atoms with Crippen LogP contribution in [0.3, 0.4) is 0 Å². The average Bonchev–Trinajstić information content (AvgIpc) is 3.30. The van der Waals surface area contributed by atoms with Crippen LogP contribution in [0.1, 0.15) is 32.6 Å². The molecule has 2 heterocycles. The molecule has 134 valence electrons. The number of amides is 1. The lowest BCUT2D eigenvalue weighted by Crippen LogP contribution is -2.40. The van der Waals surface area contributed by atoms with Gasteiger partial charge in [0.05, 0.1) is 6.54 Å². The molecule has 7 heteroatoms. The van der Waals surface area contributed by atoms with Crippen LogP contribution in [0.5, 0.6) is 0 Å². The van der Waals surface area contributed by atoms with Crippen molar-refractivity contribution < 1.29 is 4.79 Å². The second-order valence-electron chi connectivity index (χ2n) is 6.41. The second-order valence-corrected chi connectivity index (χ2v) is 6.41. The summed E-state index contributed by atoms with van der Waals surface area (Å²) in [6.07, 6.45) is 3.61. The van der Waals surface area contributed by atoms with Gasteiger partial charge in [-0.3, -0.25) is 9.69 Å². The van der Waals surface area contributed by atoms with Crippen molar-refractivity contribution in [3.8, 4) is 11.4 Å². The highest BCUT2D eigenvalue weighted by Gasteiger charge is 2.22. The lowest BCUT2D eigenvalue weighted by atomic mass is 10.2. The molecule has 7 nitrogen and oxygen atoms in total. The fourth-order valence-electron chi connectivity index (χ4n) is 3.28. The number of benzene rings is 1. The number of hydrogen-bond donors (Lipinski definition) is 1. The third-order valence-electron chi connectivity index (χ3n) is 4.69. The Morgan fingerprint density at radius 3 is 2.96 bits per heavy atom. The molecule has 3 rings (SSSR count). The Morgan fingerprint density at radius 2 is 2.16 bits per heavy atom. The predicted octanol–water partition coefficient (Wildman–Crippen LogP) is 1.72. The van der Waals surface area contributed by atoms with Crippen LogP contribution >= 0.6 is 0 Å². The lowest BCUT2D eigenvalue weighted by molar-refractivity contribution is -0.121. The van der Waals surface area contributed by atoms with Crippen LogP contribution in [0.4, 0.5) is 0 Å². The number of likely N-dealkylation sites (tertiary alicyclic amines) is 1. The van der Waals surface area contributed by atoms with Crippen molar-refractivity contribution >= 4 is 5.91 Å². The van der Waals surface area contributed by atoms with E-state index in [0.717, 1.165) is 25.2 Å². The zero-order valence-corrected chi connectivity index (χ0v) is 14.8. The SMILES string of the molecule is CCN1CCC[C@@H]1CNC(=O)CCCn1nnc(-c2ccccc2)n1. The minimum absolute atomic E-state index is 0.103. The van der Waals surface area contributed by atoms with E-state index in [4.69, 9.17) is 0 Å². The van der Waals surface area contributed by atoms with Gasteiger partial charge in [0.25, 0.3) is 0 Å². The Hall–Kier alpha value is -2.28. The molecule has 0 saturated carbocycles. The molecule has 0 bridgehead atoms. The number of carbonyl (C=O) groups excluding carboxylic acids is 1. The number of aromatic nitrogens is 4. The van der Waals surface area contributed by atoms with Gasteiger partial charge in [0.1, 0.15) is 0 Å². The van der Waals surface area contributed by atoms with Gasteiger partial charge < -0.3 is 5.32 Å². The van der Waals surface area contributed by atoms with Crippen molar-refractivity contribution in [2.24, 2.45) is 0 Å². The number of rotatable bonds is 8. The van der Waals surface area contributed by atoms with Gasteiger partial charge in [-0.15, -0.1) is 10.2 Å². The van der Waals surface area contributed by atoms with Gasteiger partial charge in [-0.2, -0.15) is 4.80 Å². The minimum atomic E-state index is 0.103. The Morgan fingerprint density at radius 1 is 1.32 bits per heavy atom. The Balaban J connectivity index is 1.38. The summed E-state index contributed by atoms with van der Waals surface area (Å²) >= 11 is 0. The van der Waals surface area contributed by atoms with E-state index in [1.54, 1.807) is 4.80 Å². The summed E-state index contributed by atoms with van der Waals surface area (Å²) in [5.74, 6) is 0.720. The summed E-state index contributed by atoms with van der Waals surface area (Å²) in [6, 6.07) is 10.3. The Kier molecular flexibility index (Phi) is 6.11. The van der Waals surface area contributed by atoms with Crippen molar-refractivity contribution in [1.82, 2.24) is 30.4 Å². The number of aryl methyl sites for hydroxylation is 1. The van der Waals surface area contributed by atoms with Crippen LogP contribution in [-0.4, -0.2) is 56.7 Å². The van der Waals surface area contributed by atoms with Crippen LogP contribution in [0.2, 0.25) is 0 Å². The topological polar surface area (TPSA) is 75.9 Å². The van der Waals surface area contributed by atoms with E-state index in [1.807, 2.05) is 30.3 Å². The van der Waals surface area contributed by atoms with E-state index in [2.05, 4.69) is 32.6 Å². The standard InChI is InChI=1S/C18H26N6O/c1-2-23-12-6-10-16(23)14-19-17(25)11-7-13-24-21-18(20-22-24)15-8-4-3-5-9-15/h3-5,8-9,16H,2,6-7,10-14H2,1H3,(H,19,25)/t16-/m1/s1. The third kappa shape index (κ3) is 4.85. The molecule has 2 aromatic rings. The molecule has 1 atom stereocenters. The first-order valence-electron chi connectivity index (χ1n) is 9.10. The van der Waals surface area contributed by atoms with Gasteiger partial charge in [0, 0.05) is 24.6 Å². The van der Waals surface area contributed by atoms with Crippen molar-refractivity contribution in [3.05, 3.63) is 30.3 Å². The number of tetrazole rings is 1. The summed E-state index contributed by atoms with van der Waals surface area (Å²) < 4.78 is 0. The van der Waals surface area contributed by atoms with E-state index in [1.165, 1.54) is 12.8 Å². The number of carbonyl (C=O) groups is 1. The smallest absolute Gasteiger partial charge is 0.220 e. The van der Waals surface area contributed by atoms with E-state index >= 15 is 0 Å². The first kappa shape index (κ1) is 17.5. The summed E-state index contributed by atoms with van der Waals surface area (Å²) in [6.45, 7) is 5.74. The van der Waals surface area contributed by atoms with E-state index in [0.29, 0.717) is 31.3 Å². The molecular weight excluding hydrogens is 316 g/mol. The molecular formula is C18H26N6O. The van der Waals surface area contributed by atoms with Crippen LogP contribution < -0.4 is 5.32 Å². The molecule has 1 amide bonds. The highest BCUT2D eigenvalue weighted by Crippen LogP contribution is 2.15. The second kappa shape index (κ2) is 8.71. The van der Waals surface area contributed by atoms with Crippen molar-refractivity contribution in [1.29, 1.82) is 0 Å². The van der Waals surface area contributed by atoms with Crippen molar-refractivity contribution in [2.45, 2.75) is 45.2 Å². The molecule has 0 spiro atoms.